The molecule has 0 saturated heterocycles. The molecule has 134 valence electrons. The highest BCUT2D eigenvalue weighted by atomic mass is 35.5. The van der Waals surface area contributed by atoms with Crippen molar-refractivity contribution < 1.29 is 0 Å². The van der Waals surface area contributed by atoms with Crippen molar-refractivity contribution in [3.63, 3.8) is 0 Å². The summed E-state index contributed by atoms with van der Waals surface area (Å²) in [4.78, 5) is 11.6. The van der Waals surface area contributed by atoms with Crippen LogP contribution in [0.3, 0.4) is 0 Å². The van der Waals surface area contributed by atoms with E-state index in [1.807, 2.05) is 43.3 Å². The second kappa shape index (κ2) is 8.19. The van der Waals surface area contributed by atoms with E-state index in [1.165, 1.54) is 5.56 Å². The third-order valence-corrected chi connectivity index (χ3v) is 4.29. The molecule has 0 spiro atoms. The average molecular weight is 367 g/mol. The molecule has 4 nitrogen and oxygen atoms in total. The zero-order valence-electron chi connectivity index (χ0n) is 15.3. The summed E-state index contributed by atoms with van der Waals surface area (Å²) in [7, 11) is 0. The molecule has 0 bridgehead atoms. The van der Waals surface area contributed by atoms with Gasteiger partial charge in [0.25, 0.3) is 0 Å². The molecule has 0 aliphatic heterocycles. The number of aryl methyl sites for hydroxylation is 1. The molecule has 0 aliphatic rings. The Morgan fingerprint density at radius 2 is 1.69 bits per heavy atom. The molecule has 3 rings (SSSR count). The Hall–Kier alpha value is -2.59. The molecular formula is C21H23ClN4. The number of hydrogen-bond acceptors (Lipinski definition) is 4. The van der Waals surface area contributed by atoms with Gasteiger partial charge < -0.3 is 10.2 Å². The molecule has 3 aromatic rings. The lowest BCUT2D eigenvalue weighted by molar-refractivity contribution is 0.659. The Labute approximate surface area is 159 Å². The van der Waals surface area contributed by atoms with Crippen LogP contribution < -0.4 is 10.2 Å². The van der Waals surface area contributed by atoms with E-state index >= 15 is 0 Å². The number of nitrogens with zero attached hydrogens (tertiary/aromatic N) is 3. The zero-order chi connectivity index (χ0) is 18.5. The van der Waals surface area contributed by atoms with Gasteiger partial charge >= 0.3 is 0 Å². The Bertz CT molecular complexity index is 848. The number of nitrogens with one attached hydrogen (secondary N) is 1. The lowest BCUT2D eigenvalue weighted by Crippen LogP contribution is -2.32. The molecular weight excluding hydrogens is 344 g/mol. The topological polar surface area (TPSA) is 41.1 Å². The second-order valence-electron chi connectivity index (χ2n) is 6.53. The molecule has 0 unspecified atom stereocenters. The molecule has 5 heteroatoms. The van der Waals surface area contributed by atoms with Gasteiger partial charge in [-0.05, 0) is 50.6 Å². The summed E-state index contributed by atoms with van der Waals surface area (Å²) in [5.41, 5.74) is 3.10. The summed E-state index contributed by atoms with van der Waals surface area (Å²) in [6.07, 6.45) is 0. The van der Waals surface area contributed by atoms with Gasteiger partial charge in [0.2, 0.25) is 5.95 Å². The summed E-state index contributed by atoms with van der Waals surface area (Å²) in [5.74, 6) is 1.49. The molecule has 0 aliphatic carbocycles. The van der Waals surface area contributed by atoms with Gasteiger partial charge in [0, 0.05) is 35.1 Å². The summed E-state index contributed by atoms with van der Waals surface area (Å²) in [6.45, 7) is 7.06. The number of rotatable bonds is 6. The Kier molecular flexibility index (Phi) is 5.74. The maximum Gasteiger partial charge on any atom is 0.228 e. The first-order valence-electron chi connectivity index (χ1n) is 8.70. The van der Waals surface area contributed by atoms with Gasteiger partial charge in [-0.15, -0.1) is 0 Å². The lowest BCUT2D eigenvalue weighted by atomic mass is 10.2. The largest absolute Gasteiger partial charge is 0.340 e. The monoisotopic (exact) mass is 366 g/mol. The van der Waals surface area contributed by atoms with Crippen molar-refractivity contribution in [1.29, 1.82) is 0 Å². The van der Waals surface area contributed by atoms with Gasteiger partial charge in [0.15, 0.2) is 0 Å². The fourth-order valence-corrected chi connectivity index (χ4v) is 2.82. The summed E-state index contributed by atoms with van der Waals surface area (Å²) < 4.78 is 0. The maximum atomic E-state index is 5.96. The smallest absolute Gasteiger partial charge is 0.228 e. The third kappa shape index (κ3) is 4.73. The maximum absolute atomic E-state index is 5.96. The van der Waals surface area contributed by atoms with E-state index in [4.69, 9.17) is 16.6 Å². The molecule has 0 saturated carbocycles. The van der Waals surface area contributed by atoms with Crippen LogP contribution in [0.25, 0.3) is 0 Å². The van der Waals surface area contributed by atoms with Crippen LogP contribution in [0.15, 0.2) is 60.7 Å². The van der Waals surface area contributed by atoms with Crippen molar-refractivity contribution in [2.24, 2.45) is 0 Å². The first-order valence-corrected chi connectivity index (χ1v) is 9.08. The van der Waals surface area contributed by atoms with E-state index in [0.29, 0.717) is 5.02 Å². The summed E-state index contributed by atoms with van der Waals surface area (Å²) >= 11 is 5.96. The Morgan fingerprint density at radius 3 is 2.35 bits per heavy atom. The minimum atomic E-state index is 0.278. The third-order valence-electron chi connectivity index (χ3n) is 4.04. The highest BCUT2D eigenvalue weighted by Crippen LogP contribution is 2.22. The van der Waals surface area contributed by atoms with Crippen LogP contribution in [-0.2, 0) is 6.54 Å². The molecule has 1 aromatic heterocycles. The second-order valence-corrected chi connectivity index (χ2v) is 6.97. The van der Waals surface area contributed by atoms with Gasteiger partial charge in [0.05, 0.1) is 0 Å². The van der Waals surface area contributed by atoms with Crippen LogP contribution >= 0.6 is 11.6 Å². The zero-order valence-corrected chi connectivity index (χ0v) is 16.0. The van der Waals surface area contributed by atoms with Crippen molar-refractivity contribution >= 4 is 29.1 Å². The normalized spacial score (nSPS) is 10.8. The van der Waals surface area contributed by atoms with Gasteiger partial charge in [-0.3, -0.25) is 0 Å². The first-order chi connectivity index (χ1) is 12.5. The van der Waals surface area contributed by atoms with E-state index in [9.17, 15) is 0 Å². The fraction of sp³-hybridized carbons (Fsp3) is 0.238. The molecule has 2 aromatic carbocycles. The number of benzene rings is 2. The van der Waals surface area contributed by atoms with Crippen LogP contribution in [0.2, 0.25) is 5.02 Å². The Morgan fingerprint density at radius 1 is 1.00 bits per heavy atom. The van der Waals surface area contributed by atoms with E-state index < -0.39 is 0 Å². The van der Waals surface area contributed by atoms with Crippen molar-refractivity contribution in [2.75, 3.05) is 10.2 Å². The van der Waals surface area contributed by atoms with Crippen LogP contribution in [-0.4, -0.2) is 16.0 Å². The SMILES string of the molecule is Cc1cc(Nc2ccc(Cl)cc2)nc(N(Cc2ccccc2)C(C)C)n1. The number of aromatic nitrogens is 2. The van der Waals surface area contributed by atoms with Crippen molar-refractivity contribution in [3.05, 3.63) is 76.9 Å². The molecule has 0 radical (unpaired) electrons. The summed E-state index contributed by atoms with van der Waals surface area (Å²) in [6, 6.07) is 20.2. The van der Waals surface area contributed by atoms with E-state index in [2.05, 4.69) is 53.3 Å². The van der Waals surface area contributed by atoms with Crippen LogP contribution in [0.5, 0.6) is 0 Å². The van der Waals surface area contributed by atoms with Gasteiger partial charge in [-0.2, -0.15) is 4.98 Å². The molecule has 0 fully saturated rings. The highest BCUT2D eigenvalue weighted by molar-refractivity contribution is 6.30. The minimum absolute atomic E-state index is 0.278. The van der Waals surface area contributed by atoms with E-state index in [-0.39, 0.29) is 6.04 Å². The predicted molar refractivity (Wildman–Crippen MR) is 109 cm³/mol. The van der Waals surface area contributed by atoms with E-state index in [1.54, 1.807) is 0 Å². The predicted octanol–water partition coefficient (Wildman–Crippen LogP) is 5.60. The quantitative estimate of drug-likeness (QED) is 0.616. The molecule has 26 heavy (non-hydrogen) atoms. The van der Waals surface area contributed by atoms with Crippen molar-refractivity contribution in [3.8, 4) is 0 Å². The van der Waals surface area contributed by atoms with Crippen molar-refractivity contribution in [2.45, 2.75) is 33.4 Å². The standard InChI is InChI=1S/C21H23ClN4/c1-15(2)26(14-17-7-5-4-6-8-17)21-23-16(3)13-20(25-21)24-19-11-9-18(22)10-12-19/h4-13,15H,14H2,1-3H3,(H,23,24,25). The van der Waals surface area contributed by atoms with Crippen LogP contribution in [0, 0.1) is 6.92 Å². The molecule has 0 atom stereocenters. The van der Waals surface area contributed by atoms with Gasteiger partial charge in [-0.25, -0.2) is 4.98 Å². The van der Waals surface area contributed by atoms with Gasteiger partial charge in [-0.1, -0.05) is 41.9 Å². The number of hydrogen-bond donors (Lipinski definition) is 1. The first kappa shape index (κ1) is 18.2. The van der Waals surface area contributed by atoms with Gasteiger partial charge in [0.1, 0.15) is 5.82 Å². The lowest BCUT2D eigenvalue weighted by Gasteiger charge is -2.27. The number of anilines is 3. The van der Waals surface area contributed by atoms with Crippen LogP contribution in [0.1, 0.15) is 25.1 Å². The molecule has 1 heterocycles. The highest BCUT2D eigenvalue weighted by Gasteiger charge is 2.15. The average Bonchev–Trinajstić information content (AvgIpc) is 2.62. The van der Waals surface area contributed by atoms with Crippen molar-refractivity contribution in [1.82, 2.24) is 9.97 Å². The number of halogens is 1. The van der Waals surface area contributed by atoms with Crippen LogP contribution in [0.4, 0.5) is 17.5 Å². The molecule has 0 amide bonds. The minimum Gasteiger partial charge on any atom is -0.340 e. The summed E-state index contributed by atoms with van der Waals surface area (Å²) in [5, 5.41) is 4.05. The Balaban J connectivity index is 1.87. The fourth-order valence-electron chi connectivity index (χ4n) is 2.69. The van der Waals surface area contributed by atoms with E-state index in [0.717, 1.165) is 29.7 Å². The molecule has 1 N–H and O–H groups in total.